The van der Waals surface area contributed by atoms with Crippen molar-refractivity contribution >= 4 is 16.7 Å². The highest BCUT2D eigenvalue weighted by Crippen LogP contribution is 2.27. The lowest BCUT2D eigenvalue weighted by atomic mass is 10.0. The summed E-state index contributed by atoms with van der Waals surface area (Å²) in [7, 11) is 6.05. The molecule has 0 atom stereocenters. The molecule has 2 aromatic rings. The summed E-state index contributed by atoms with van der Waals surface area (Å²) >= 11 is 0. The van der Waals surface area contributed by atoms with Crippen LogP contribution in [0.5, 0.6) is 0 Å². The van der Waals surface area contributed by atoms with Gasteiger partial charge in [0.1, 0.15) is 0 Å². The van der Waals surface area contributed by atoms with Crippen LogP contribution in [0, 0.1) is 0 Å². The SMILES string of the molecule is CC(C)c1ccc2c(c1)c(N(C)C)nn2C. The molecule has 3 nitrogen and oxygen atoms in total. The van der Waals surface area contributed by atoms with E-state index < -0.39 is 0 Å². The maximum atomic E-state index is 4.53. The zero-order valence-corrected chi connectivity index (χ0v) is 10.7. The summed E-state index contributed by atoms with van der Waals surface area (Å²) in [4.78, 5) is 2.06. The summed E-state index contributed by atoms with van der Waals surface area (Å²) in [5, 5.41) is 5.77. The van der Waals surface area contributed by atoms with E-state index >= 15 is 0 Å². The quantitative estimate of drug-likeness (QED) is 0.771. The molecule has 16 heavy (non-hydrogen) atoms. The molecule has 0 aliphatic heterocycles. The average molecular weight is 217 g/mol. The zero-order chi connectivity index (χ0) is 11.9. The van der Waals surface area contributed by atoms with Crippen molar-refractivity contribution in [2.24, 2.45) is 7.05 Å². The molecule has 0 aliphatic rings. The fourth-order valence-electron chi connectivity index (χ4n) is 1.95. The first-order chi connectivity index (χ1) is 7.50. The van der Waals surface area contributed by atoms with Gasteiger partial charge >= 0.3 is 0 Å². The second kappa shape index (κ2) is 3.81. The molecule has 1 aromatic heterocycles. The van der Waals surface area contributed by atoms with Gasteiger partial charge in [0.15, 0.2) is 5.82 Å². The Morgan fingerprint density at radius 2 is 1.94 bits per heavy atom. The van der Waals surface area contributed by atoms with Gasteiger partial charge in [0.2, 0.25) is 0 Å². The largest absolute Gasteiger partial charge is 0.361 e. The topological polar surface area (TPSA) is 21.1 Å². The van der Waals surface area contributed by atoms with Crippen LogP contribution in [0.2, 0.25) is 0 Å². The molecule has 0 aliphatic carbocycles. The third-order valence-corrected chi connectivity index (χ3v) is 2.95. The Hall–Kier alpha value is -1.51. The maximum Gasteiger partial charge on any atom is 0.158 e. The number of hydrogen-bond donors (Lipinski definition) is 0. The highest BCUT2D eigenvalue weighted by atomic mass is 15.3. The number of hydrogen-bond acceptors (Lipinski definition) is 2. The molecule has 1 heterocycles. The van der Waals surface area contributed by atoms with Crippen LogP contribution < -0.4 is 4.90 Å². The van der Waals surface area contributed by atoms with Gasteiger partial charge < -0.3 is 4.90 Å². The van der Waals surface area contributed by atoms with Gasteiger partial charge in [-0.25, -0.2) is 0 Å². The van der Waals surface area contributed by atoms with Crippen molar-refractivity contribution in [1.29, 1.82) is 0 Å². The fourth-order valence-corrected chi connectivity index (χ4v) is 1.95. The standard InChI is InChI=1S/C13H19N3/c1-9(2)10-6-7-12-11(8-10)13(15(3)4)14-16(12)5/h6-9H,1-5H3. The summed E-state index contributed by atoms with van der Waals surface area (Å²) in [5.74, 6) is 1.60. The molecule has 0 saturated heterocycles. The lowest BCUT2D eigenvalue weighted by molar-refractivity contribution is 0.789. The van der Waals surface area contributed by atoms with Crippen molar-refractivity contribution in [2.75, 3.05) is 19.0 Å². The van der Waals surface area contributed by atoms with Crippen LogP contribution in [0.4, 0.5) is 5.82 Å². The molecule has 0 fully saturated rings. The summed E-state index contributed by atoms with van der Waals surface area (Å²) in [5.41, 5.74) is 2.55. The van der Waals surface area contributed by atoms with Crippen LogP contribution in [-0.4, -0.2) is 23.9 Å². The number of benzene rings is 1. The minimum atomic E-state index is 0.555. The van der Waals surface area contributed by atoms with Gasteiger partial charge in [-0.1, -0.05) is 19.9 Å². The molecule has 86 valence electrons. The summed E-state index contributed by atoms with van der Waals surface area (Å²) in [6.07, 6.45) is 0. The normalized spacial score (nSPS) is 11.4. The van der Waals surface area contributed by atoms with Crippen LogP contribution in [-0.2, 0) is 7.05 Å². The first kappa shape index (κ1) is 11.0. The predicted octanol–water partition coefficient (Wildman–Crippen LogP) is 2.76. The Morgan fingerprint density at radius 1 is 1.25 bits per heavy atom. The summed E-state index contributed by atoms with van der Waals surface area (Å²) in [6.45, 7) is 4.43. The lowest BCUT2D eigenvalue weighted by Gasteiger charge is -2.09. The van der Waals surface area contributed by atoms with Crippen LogP contribution in [0.25, 0.3) is 10.9 Å². The molecule has 0 unspecified atom stereocenters. The third-order valence-electron chi connectivity index (χ3n) is 2.95. The molecular weight excluding hydrogens is 198 g/mol. The molecule has 0 saturated carbocycles. The first-order valence-electron chi connectivity index (χ1n) is 5.64. The third kappa shape index (κ3) is 1.66. The molecule has 0 radical (unpaired) electrons. The van der Waals surface area contributed by atoms with Crippen LogP contribution in [0.15, 0.2) is 18.2 Å². The van der Waals surface area contributed by atoms with Crippen molar-refractivity contribution in [3.8, 4) is 0 Å². The Kier molecular flexibility index (Phi) is 2.62. The maximum absolute atomic E-state index is 4.53. The molecule has 0 amide bonds. The van der Waals surface area contributed by atoms with Gasteiger partial charge in [-0.05, 0) is 23.6 Å². The van der Waals surface area contributed by atoms with E-state index in [1.807, 2.05) is 25.8 Å². The number of fused-ring (bicyclic) bond motifs is 1. The van der Waals surface area contributed by atoms with Crippen molar-refractivity contribution in [2.45, 2.75) is 19.8 Å². The van der Waals surface area contributed by atoms with E-state index in [9.17, 15) is 0 Å². The highest BCUT2D eigenvalue weighted by molar-refractivity contribution is 5.91. The molecule has 0 N–H and O–H groups in total. The van der Waals surface area contributed by atoms with Crippen molar-refractivity contribution < 1.29 is 0 Å². The van der Waals surface area contributed by atoms with Gasteiger partial charge in [0, 0.05) is 26.5 Å². The van der Waals surface area contributed by atoms with E-state index in [1.54, 1.807) is 0 Å². The van der Waals surface area contributed by atoms with Crippen LogP contribution >= 0.6 is 0 Å². The number of nitrogens with zero attached hydrogens (tertiary/aromatic N) is 3. The van der Waals surface area contributed by atoms with Crippen LogP contribution in [0.3, 0.4) is 0 Å². The Bertz CT molecular complexity index is 509. The summed E-state index contributed by atoms with van der Waals surface area (Å²) in [6, 6.07) is 6.60. The lowest BCUT2D eigenvalue weighted by Crippen LogP contribution is -2.09. The van der Waals surface area contributed by atoms with Crippen LogP contribution in [0.1, 0.15) is 25.3 Å². The Morgan fingerprint density at radius 3 is 2.50 bits per heavy atom. The first-order valence-corrected chi connectivity index (χ1v) is 5.64. The Balaban J connectivity index is 2.69. The molecule has 0 spiro atoms. The number of anilines is 1. The van der Waals surface area contributed by atoms with E-state index in [0.29, 0.717) is 5.92 Å². The highest BCUT2D eigenvalue weighted by Gasteiger charge is 2.11. The molecule has 3 heteroatoms. The van der Waals surface area contributed by atoms with E-state index in [2.05, 4.69) is 42.0 Å². The van der Waals surface area contributed by atoms with E-state index in [-0.39, 0.29) is 0 Å². The van der Waals surface area contributed by atoms with E-state index in [4.69, 9.17) is 0 Å². The van der Waals surface area contributed by atoms with E-state index in [1.165, 1.54) is 16.5 Å². The van der Waals surface area contributed by atoms with Gasteiger partial charge in [-0.2, -0.15) is 5.10 Å². The van der Waals surface area contributed by atoms with Crippen molar-refractivity contribution in [3.63, 3.8) is 0 Å². The predicted molar refractivity (Wildman–Crippen MR) is 69.1 cm³/mol. The van der Waals surface area contributed by atoms with Crippen molar-refractivity contribution in [3.05, 3.63) is 23.8 Å². The molecule has 1 aromatic carbocycles. The zero-order valence-electron chi connectivity index (χ0n) is 10.7. The minimum Gasteiger partial charge on any atom is -0.361 e. The molecule has 2 rings (SSSR count). The monoisotopic (exact) mass is 217 g/mol. The molecule has 0 bridgehead atoms. The summed E-state index contributed by atoms with van der Waals surface area (Å²) < 4.78 is 1.94. The molecular formula is C13H19N3. The van der Waals surface area contributed by atoms with Gasteiger partial charge in [0.25, 0.3) is 0 Å². The number of aromatic nitrogens is 2. The minimum absolute atomic E-state index is 0.555. The van der Waals surface area contributed by atoms with Crippen molar-refractivity contribution in [1.82, 2.24) is 9.78 Å². The van der Waals surface area contributed by atoms with Gasteiger partial charge in [0.05, 0.1) is 5.52 Å². The fraction of sp³-hybridized carbons (Fsp3) is 0.462. The van der Waals surface area contributed by atoms with E-state index in [0.717, 1.165) is 5.82 Å². The number of rotatable bonds is 2. The average Bonchev–Trinajstić information content (AvgIpc) is 2.56. The second-order valence-corrected chi connectivity index (χ2v) is 4.77. The Labute approximate surface area is 96.7 Å². The van der Waals surface area contributed by atoms with Gasteiger partial charge in [-0.15, -0.1) is 0 Å². The smallest absolute Gasteiger partial charge is 0.158 e. The van der Waals surface area contributed by atoms with Gasteiger partial charge in [-0.3, -0.25) is 4.68 Å². The second-order valence-electron chi connectivity index (χ2n) is 4.77. The number of aryl methyl sites for hydroxylation is 1.